The van der Waals surface area contributed by atoms with Crippen molar-refractivity contribution < 1.29 is 4.74 Å². The summed E-state index contributed by atoms with van der Waals surface area (Å²) in [6.45, 7) is 4.16. The van der Waals surface area contributed by atoms with E-state index < -0.39 is 0 Å². The molecule has 0 amide bonds. The van der Waals surface area contributed by atoms with Crippen LogP contribution in [0.1, 0.15) is 29.6 Å². The van der Waals surface area contributed by atoms with Gasteiger partial charge in [0.1, 0.15) is 5.82 Å². The molecule has 2 heterocycles. The summed E-state index contributed by atoms with van der Waals surface area (Å²) in [5, 5.41) is 0. The minimum Gasteiger partial charge on any atom is -0.381 e. The average molecular weight is 181 g/mol. The predicted octanol–water partition coefficient (Wildman–Crippen LogP) is 0.681. The summed E-state index contributed by atoms with van der Waals surface area (Å²) in [5.74, 6) is 1.48. The Morgan fingerprint density at radius 1 is 1.69 bits per heavy atom. The van der Waals surface area contributed by atoms with Gasteiger partial charge in [-0.25, -0.2) is 4.98 Å². The molecule has 0 spiro atoms. The van der Waals surface area contributed by atoms with E-state index >= 15 is 0 Å². The fraction of sp³-hybridized carbons (Fsp3) is 0.667. The Hall–Kier alpha value is -0.870. The lowest BCUT2D eigenvalue weighted by molar-refractivity contribution is 0.193. The minimum absolute atomic E-state index is 0.444. The third kappa shape index (κ3) is 1.59. The molecule has 3 N–H and O–H groups in total. The monoisotopic (exact) mass is 181 g/mol. The Morgan fingerprint density at radius 2 is 2.54 bits per heavy atom. The van der Waals surface area contributed by atoms with Gasteiger partial charge in [-0.1, -0.05) is 0 Å². The number of hydrogen-bond donors (Lipinski definition) is 2. The molecule has 0 bridgehead atoms. The van der Waals surface area contributed by atoms with Crippen LogP contribution in [-0.2, 0) is 11.3 Å². The number of aromatic nitrogens is 2. The van der Waals surface area contributed by atoms with Crippen molar-refractivity contribution in [2.24, 2.45) is 5.73 Å². The van der Waals surface area contributed by atoms with Gasteiger partial charge < -0.3 is 15.5 Å². The van der Waals surface area contributed by atoms with Gasteiger partial charge in [-0.15, -0.1) is 0 Å². The summed E-state index contributed by atoms with van der Waals surface area (Å²) in [6, 6.07) is 0. The standard InChI is InChI=1S/C9H15N3O/c1-6-8(4-10)12-9(11-6)7-2-3-13-5-7/h7H,2-5,10H2,1H3,(H,11,12). The summed E-state index contributed by atoms with van der Waals surface area (Å²) in [4.78, 5) is 7.72. The van der Waals surface area contributed by atoms with E-state index in [0.29, 0.717) is 12.5 Å². The first-order valence-corrected chi connectivity index (χ1v) is 4.64. The number of nitrogens with one attached hydrogen (secondary N) is 1. The third-order valence-electron chi connectivity index (χ3n) is 2.51. The van der Waals surface area contributed by atoms with Crippen LogP contribution in [0.15, 0.2) is 0 Å². The number of ether oxygens (including phenoxy) is 1. The highest BCUT2D eigenvalue weighted by atomic mass is 16.5. The lowest BCUT2D eigenvalue weighted by Gasteiger charge is -2.01. The number of H-pyrrole nitrogens is 1. The van der Waals surface area contributed by atoms with Crippen LogP contribution in [0.3, 0.4) is 0 Å². The van der Waals surface area contributed by atoms with Crippen molar-refractivity contribution in [3.8, 4) is 0 Å². The van der Waals surface area contributed by atoms with Crippen molar-refractivity contribution in [3.05, 3.63) is 17.2 Å². The van der Waals surface area contributed by atoms with Gasteiger partial charge in [-0.3, -0.25) is 0 Å². The quantitative estimate of drug-likeness (QED) is 0.705. The second-order valence-corrected chi connectivity index (χ2v) is 3.46. The van der Waals surface area contributed by atoms with E-state index in [2.05, 4.69) is 9.97 Å². The number of nitrogens with zero attached hydrogens (tertiary/aromatic N) is 1. The molecule has 1 aromatic heterocycles. The van der Waals surface area contributed by atoms with E-state index in [0.717, 1.165) is 36.8 Å². The number of rotatable bonds is 2. The van der Waals surface area contributed by atoms with E-state index in [1.54, 1.807) is 0 Å². The molecule has 1 aliphatic heterocycles. The Morgan fingerprint density at radius 3 is 3.08 bits per heavy atom. The van der Waals surface area contributed by atoms with Crippen LogP contribution in [0.5, 0.6) is 0 Å². The summed E-state index contributed by atoms with van der Waals surface area (Å²) in [7, 11) is 0. The van der Waals surface area contributed by atoms with E-state index in [1.165, 1.54) is 0 Å². The van der Waals surface area contributed by atoms with Gasteiger partial charge in [0.25, 0.3) is 0 Å². The van der Waals surface area contributed by atoms with E-state index in [-0.39, 0.29) is 0 Å². The molecule has 0 aromatic carbocycles. The van der Waals surface area contributed by atoms with E-state index in [4.69, 9.17) is 10.5 Å². The van der Waals surface area contributed by atoms with Crippen LogP contribution in [0, 0.1) is 6.92 Å². The summed E-state index contributed by atoms with van der Waals surface area (Å²) in [6.07, 6.45) is 1.07. The maximum Gasteiger partial charge on any atom is 0.112 e. The summed E-state index contributed by atoms with van der Waals surface area (Å²) in [5.41, 5.74) is 7.61. The molecule has 1 fully saturated rings. The zero-order valence-corrected chi connectivity index (χ0v) is 7.84. The number of aryl methyl sites for hydroxylation is 1. The molecule has 0 radical (unpaired) electrons. The van der Waals surface area contributed by atoms with Gasteiger partial charge in [0.15, 0.2) is 0 Å². The van der Waals surface area contributed by atoms with Gasteiger partial charge in [0.05, 0.1) is 12.3 Å². The van der Waals surface area contributed by atoms with E-state index in [9.17, 15) is 0 Å². The Kier molecular flexibility index (Phi) is 2.33. The molecular weight excluding hydrogens is 166 g/mol. The van der Waals surface area contributed by atoms with E-state index in [1.807, 2.05) is 6.92 Å². The molecule has 1 unspecified atom stereocenters. The molecule has 0 aliphatic carbocycles. The Bertz CT molecular complexity index is 289. The first-order chi connectivity index (χ1) is 6.31. The molecule has 0 saturated carbocycles. The van der Waals surface area contributed by atoms with Crippen LogP contribution >= 0.6 is 0 Å². The average Bonchev–Trinajstić information content (AvgIpc) is 2.71. The lowest BCUT2D eigenvalue weighted by Crippen LogP contribution is -2.01. The first kappa shape index (κ1) is 8.72. The molecule has 1 aromatic rings. The molecule has 4 heteroatoms. The topological polar surface area (TPSA) is 63.9 Å². The molecule has 1 aliphatic rings. The molecule has 13 heavy (non-hydrogen) atoms. The first-order valence-electron chi connectivity index (χ1n) is 4.64. The zero-order valence-electron chi connectivity index (χ0n) is 7.84. The van der Waals surface area contributed by atoms with Crippen molar-refractivity contribution >= 4 is 0 Å². The Balaban J connectivity index is 2.20. The molecule has 2 rings (SSSR count). The lowest BCUT2D eigenvalue weighted by atomic mass is 10.1. The van der Waals surface area contributed by atoms with Crippen LogP contribution in [0.25, 0.3) is 0 Å². The second-order valence-electron chi connectivity index (χ2n) is 3.46. The van der Waals surface area contributed by atoms with Gasteiger partial charge in [-0.2, -0.15) is 0 Å². The van der Waals surface area contributed by atoms with Crippen molar-refractivity contribution in [3.63, 3.8) is 0 Å². The molecule has 72 valence electrons. The highest BCUT2D eigenvalue weighted by molar-refractivity contribution is 5.15. The van der Waals surface area contributed by atoms with Gasteiger partial charge in [-0.05, 0) is 13.3 Å². The van der Waals surface area contributed by atoms with Crippen LogP contribution in [-0.4, -0.2) is 23.2 Å². The number of imidazole rings is 1. The van der Waals surface area contributed by atoms with Crippen molar-refractivity contribution in [2.75, 3.05) is 13.2 Å². The molecule has 1 atom stereocenters. The number of nitrogens with two attached hydrogens (primary N) is 1. The van der Waals surface area contributed by atoms with Crippen molar-refractivity contribution in [1.82, 2.24) is 9.97 Å². The second kappa shape index (κ2) is 3.47. The molecule has 4 nitrogen and oxygen atoms in total. The van der Waals surface area contributed by atoms with Crippen LogP contribution < -0.4 is 5.73 Å². The highest BCUT2D eigenvalue weighted by Crippen LogP contribution is 2.23. The maximum atomic E-state index is 5.55. The Labute approximate surface area is 77.5 Å². The SMILES string of the molecule is Cc1[nH]c(C2CCOC2)nc1CN. The smallest absolute Gasteiger partial charge is 0.112 e. The summed E-state index contributed by atoms with van der Waals surface area (Å²) >= 11 is 0. The van der Waals surface area contributed by atoms with Crippen molar-refractivity contribution in [2.45, 2.75) is 25.8 Å². The number of hydrogen-bond acceptors (Lipinski definition) is 3. The normalized spacial score (nSPS) is 22.5. The van der Waals surface area contributed by atoms with Gasteiger partial charge >= 0.3 is 0 Å². The van der Waals surface area contributed by atoms with Crippen LogP contribution in [0.4, 0.5) is 0 Å². The van der Waals surface area contributed by atoms with Gasteiger partial charge in [0.2, 0.25) is 0 Å². The summed E-state index contributed by atoms with van der Waals surface area (Å²) < 4.78 is 5.30. The third-order valence-corrected chi connectivity index (χ3v) is 2.51. The predicted molar refractivity (Wildman–Crippen MR) is 49.4 cm³/mol. The van der Waals surface area contributed by atoms with Gasteiger partial charge in [0, 0.05) is 24.8 Å². The van der Waals surface area contributed by atoms with Crippen molar-refractivity contribution in [1.29, 1.82) is 0 Å². The highest BCUT2D eigenvalue weighted by Gasteiger charge is 2.21. The zero-order chi connectivity index (χ0) is 9.26. The van der Waals surface area contributed by atoms with Crippen LogP contribution in [0.2, 0.25) is 0 Å². The largest absolute Gasteiger partial charge is 0.381 e. The minimum atomic E-state index is 0.444. The fourth-order valence-corrected chi connectivity index (χ4v) is 1.66. The molecular formula is C9H15N3O. The number of aromatic amines is 1. The maximum absolute atomic E-state index is 5.55. The molecule has 1 saturated heterocycles. The fourth-order valence-electron chi connectivity index (χ4n) is 1.66.